The Balaban J connectivity index is 3.43. The zero-order valence-electron chi connectivity index (χ0n) is 25.3. The van der Waals surface area contributed by atoms with Gasteiger partial charge in [-0.15, -0.1) is 0 Å². The van der Waals surface area contributed by atoms with Crippen molar-refractivity contribution in [2.45, 2.75) is 142 Å². The average molecular weight is 526 g/mol. The molecule has 0 amide bonds. The highest BCUT2D eigenvalue weighted by Crippen LogP contribution is 2.10. The van der Waals surface area contributed by atoms with Crippen molar-refractivity contribution in [3.05, 3.63) is 12.2 Å². The Morgan fingerprint density at radius 1 is 0.649 bits per heavy atom. The van der Waals surface area contributed by atoms with E-state index < -0.39 is 0 Å². The van der Waals surface area contributed by atoms with Gasteiger partial charge < -0.3 is 19.1 Å². The number of hydrogen-bond donors (Lipinski definition) is 0. The molecule has 1 unspecified atom stereocenters. The fourth-order valence-electron chi connectivity index (χ4n) is 4.30. The molecule has 1 atom stereocenters. The Morgan fingerprint density at radius 3 is 1.59 bits per heavy atom. The maximum absolute atomic E-state index is 11.3. The van der Waals surface area contributed by atoms with E-state index in [0.717, 1.165) is 52.1 Å². The van der Waals surface area contributed by atoms with Gasteiger partial charge in [-0.2, -0.15) is 0 Å². The summed E-state index contributed by atoms with van der Waals surface area (Å²) in [5.41, 5.74) is 0. The van der Waals surface area contributed by atoms with E-state index in [2.05, 4.69) is 38.1 Å². The van der Waals surface area contributed by atoms with Crippen LogP contribution in [-0.2, 0) is 19.0 Å². The Morgan fingerprint density at radius 2 is 1.11 bits per heavy atom. The van der Waals surface area contributed by atoms with Crippen molar-refractivity contribution in [3.63, 3.8) is 0 Å². The van der Waals surface area contributed by atoms with Crippen LogP contribution in [0.3, 0.4) is 0 Å². The highest BCUT2D eigenvalue weighted by Gasteiger charge is 2.11. The molecule has 0 fully saturated rings. The number of rotatable bonds is 29. The van der Waals surface area contributed by atoms with Crippen molar-refractivity contribution in [3.8, 4) is 0 Å². The highest BCUT2D eigenvalue weighted by atomic mass is 16.5. The number of carbonyl (C=O) groups excluding carboxylic acids is 1. The van der Waals surface area contributed by atoms with E-state index in [1.807, 2.05) is 6.92 Å². The molecule has 37 heavy (non-hydrogen) atoms. The molecule has 0 aromatic rings. The number of carbonyl (C=O) groups is 1. The van der Waals surface area contributed by atoms with Crippen LogP contribution in [0.4, 0.5) is 0 Å². The Labute approximate surface area is 231 Å². The first-order valence-corrected chi connectivity index (χ1v) is 15.7. The summed E-state index contributed by atoms with van der Waals surface area (Å²) in [6, 6.07) is 0.349. The monoisotopic (exact) mass is 525 g/mol. The topological polar surface area (TPSA) is 48.0 Å². The lowest BCUT2D eigenvalue weighted by Gasteiger charge is -2.24. The summed E-state index contributed by atoms with van der Waals surface area (Å²) in [6.45, 7) is 7.90. The van der Waals surface area contributed by atoms with Crippen LogP contribution in [0.25, 0.3) is 0 Å². The van der Waals surface area contributed by atoms with Crippen LogP contribution < -0.4 is 0 Å². The van der Waals surface area contributed by atoms with E-state index in [1.54, 1.807) is 0 Å². The largest absolute Gasteiger partial charge is 0.466 e. The smallest absolute Gasteiger partial charge is 0.305 e. The SMILES string of the molecule is CCCCCCCCCOCC(COCCCCCCCCC=CCCCCCC(=O)OCC)N(C)C. The van der Waals surface area contributed by atoms with Crippen LogP contribution >= 0.6 is 0 Å². The Hall–Kier alpha value is -0.910. The fourth-order valence-corrected chi connectivity index (χ4v) is 4.30. The van der Waals surface area contributed by atoms with Crippen molar-refractivity contribution >= 4 is 5.97 Å². The van der Waals surface area contributed by atoms with E-state index >= 15 is 0 Å². The first-order chi connectivity index (χ1) is 18.1. The molecule has 5 nitrogen and oxygen atoms in total. The molecule has 0 N–H and O–H groups in total. The van der Waals surface area contributed by atoms with Gasteiger partial charge in [0, 0.05) is 19.6 Å². The van der Waals surface area contributed by atoms with Gasteiger partial charge in [-0.05, 0) is 66.0 Å². The third-order valence-corrected chi connectivity index (χ3v) is 6.88. The molecule has 0 heterocycles. The van der Waals surface area contributed by atoms with Gasteiger partial charge >= 0.3 is 5.97 Å². The zero-order valence-corrected chi connectivity index (χ0v) is 25.3. The molecule has 0 saturated heterocycles. The number of esters is 1. The van der Waals surface area contributed by atoms with Gasteiger partial charge in [0.05, 0.1) is 25.9 Å². The predicted molar refractivity (Wildman–Crippen MR) is 158 cm³/mol. The summed E-state index contributed by atoms with van der Waals surface area (Å²) < 4.78 is 16.9. The number of hydrogen-bond acceptors (Lipinski definition) is 5. The van der Waals surface area contributed by atoms with Gasteiger partial charge in [-0.25, -0.2) is 0 Å². The summed E-state index contributed by atoms with van der Waals surface area (Å²) in [5, 5.41) is 0. The second-order valence-corrected chi connectivity index (χ2v) is 10.7. The molecule has 5 heteroatoms. The number of unbranched alkanes of at least 4 members (excludes halogenated alkanes) is 15. The fraction of sp³-hybridized carbons (Fsp3) is 0.906. The lowest BCUT2D eigenvalue weighted by molar-refractivity contribution is -0.143. The molecule has 220 valence electrons. The van der Waals surface area contributed by atoms with Crippen LogP contribution in [0.2, 0.25) is 0 Å². The van der Waals surface area contributed by atoms with Crippen molar-refractivity contribution < 1.29 is 19.0 Å². The van der Waals surface area contributed by atoms with Crippen LogP contribution in [0.15, 0.2) is 12.2 Å². The third-order valence-electron chi connectivity index (χ3n) is 6.88. The summed E-state index contributed by atoms with van der Waals surface area (Å²) in [5.74, 6) is -0.0572. The van der Waals surface area contributed by atoms with Crippen LogP contribution in [0.1, 0.15) is 136 Å². The molecule has 0 aliphatic rings. The van der Waals surface area contributed by atoms with E-state index in [1.165, 1.54) is 89.9 Å². The normalized spacial score (nSPS) is 12.6. The van der Waals surface area contributed by atoms with Crippen molar-refractivity contribution in [1.29, 1.82) is 0 Å². The average Bonchev–Trinajstić information content (AvgIpc) is 2.88. The Kier molecular flexibility index (Phi) is 28.9. The maximum Gasteiger partial charge on any atom is 0.305 e. The van der Waals surface area contributed by atoms with Gasteiger partial charge in [0.25, 0.3) is 0 Å². The molecular formula is C32H63NO4. The molecular weight excluding hydrogens is 462 g/mol. The van der Waals surface area contributed by atoms with Crippen LogP contribution in [0.5, 0.6) is 0 Å². The third kappa shape index (κ3) is 27.9. The molecule has 0 saturated carbocycles. The first kappa shape index (κ1) is 36.1. The lowest BCUT2D eigenvalue weighted by Crippen LogP contribution is -2.37. The van der Waals surface area contributed by atoms with E-state index in [9.17, 15) is 4.79 Å². The molecule has 0 aromatic heterocycles. The quantitative estimate of drug-likeness (QED) is 0.0556. The lowest BCUT2D eigenvalue weighted by atomic mass is 10.1. The molecule has 0 bridgehead atoms. The second-order valence-electron chi connectivity index (χ2n) is 10.7. The number of allylic oxidation sites excluding steroid dienone is 2. The number of ether oxygens (including phenoxy) is 3. The van der Waals surface area contributed by atoms with Gasteiger partial charge in [0.15, 0.2) is 0 Å². The Bertz CT molecular complexity index is 495. The van der Waals surface area contributed by atoms with Gasteiger partial charge in [0.2, 0.25) is 0 Å². The molecule has 0 spiro atoms. The minimum atomic E-state index is -0.0572. The summed E-state index contributed by atoms with van der Waals surface area (Å²) in [7, 11) is 4.24. The van der Waals surface area contributed by atoms with Gasteiger partial charge in [0.1, 0.15) is 0 Å². The number of nitrogens with zero attached hydrogens (tertiary/aromatic N) is 1. The van der Waals surface area contributed by atoms with Crippen molar-refractivity contribution in [2.75, 3.05) is 47.1 Å². The zero-order chi connectivity index (χ0) is 27.2. The van der Waals surface area contributed by atoms with Gasteiger partial charge in [-0.1, -0.05) is 89.7 Å². The van der Waals surface area contributed by atoms with Crippen molar-refractivity contribution in [2.24, 2.45) is 0 Å². The summed E-state index contributed by atoms with van der Waals surface area (Å²) in [6.07, 6.45) is 27.7. The maximum atomic E-state index is 11.3. The second kappa shape index (κ2) is 29.6. The first-order valence-electron chi connectivity index (χ1n) is 15.7. The molecule has 0 aliphatic carbocycles. The van der Waals surface area contributed by atoms with E-state index in [0.29, 0.717) is 19.1 Å². The molecule has 0 aliphatic heterocycles. The predicted octanol–water partition coefficient (Wildman–Crippen LogP) is 8.50. The highest BCUT2D eigenvalue weighted by molar-refractivity contribution is 5.69. The number of likely N-dealkylation sites (N-methyl/N-ethyl adjacent to an activating group) is 1. The van der Waals surface area contributed by atoms with Crippen LogP contribution in [-0.4, -0.2) is 64.0 Å². The molecule has 0 radical (unpaired) electrons. The summed E-state index contributed by atoms with van der Waals surface area (Å²) >= 11 is 0. The van der Waals surface area contributed by atoms with Crippen molar-refractivity contribution in [1.82, 2.24) is 4.90 Å². The van der Waals surface area contributed by atoms with E-state index in [4.69, 9.17) is 14.2 Å². The molecule has 0 aromatic carbocycles. The standard InChI is InChI=1S/C32H63NO4/c1-5-7-8-9-18-21-24-27-35-29-31(33(3)4)30-36-28-25-22-19-16-14-12-10-11-13-15-17-20-23-26-32(34)37-6-2/h11,13,31H,5-10,12,14-30H2,1-4H3. The minimum Gasteiger partial charge on any atom is -0.466 e. The summed E-state index contributed by atoms with van der Waals surface area (Å²) in [4.78, 5) is 13.5. The minimum absolute atomic E-state index is 0.0572. The van der Waals surface area contributed by atoms with E-state index in [-0.39, 0.29) is 5.97 Å². The van der Waals surface area contributed by atoms with Gasteiger partial charge in [-0.3, -0.25) is 4.79 Å². The molecule has 0 rings (SSSR count). The van der Waals surface area contributed by atoms with Crippen LogP contribution in [0, 0.1) is 0 Å².